The van der Waals surface area contributed by atoms with Crippen molar-refractivity contribution in [3.63, 3.8) is 0 Å². The van der Waals surface area contributed by atoms with E-state index in [0.29, 0.717) is 47.9 Å². The Balaban J connectivity index is 1.49. The van der Waals surface area contributed by atoms with Crippen molar-refractivity contribution in [2.24, 2.45) is 0 Å². The van der Waals surface area contributed by atoms with Gasteiger partial charge in [0.05, 0.1) is 29.6 Å². The van der Waals surface area contributed by atoms with Crippen LogP contribution in [0, 0.1) is 5.82 Å². The summed E-state index contributed by atoms with van der Waals surface area (Å²) in [5.41, 5.74) is 2.64. The Bertz CT molecular complexity index is 1250. The standard InChI is InChI=1S/C23H22FN5O2S/c1-14(15-11-16(24)13-25-12-15)26-23-28-18-9-10-32-22(18)21(29-23)19(30)7-3-5-17-6-4-8-20(27-17)31-2/h4,6,8-14H,3,5,7H2,1-2H3,(H,26,28,29)/t14-/m0/s1. The number of carbonyl (C=O) groups is 1. The molecule has 0 fully saturated rings. The molecule has 0 spiro atoms. The summed E-state index contributed by atoms with van der Waals surface area (Å²) in [5.74, 6) is 0.423. The van der Waals surface area contributed by atoms with Gasteiger partial charge >= 0.3 is 0 Å². The summed E-state index contributed by atoms with van der Waals surface area (Å²) in [6.45, 7) is 1.86. The number of anilines is 1. The van der Waals surface area contributed by atoms with E-state index in [1.165, 1.54) is 17.4 Å². The number of halogens is 1. The van der Waals surface area contributed by atoms with Crippen LogP contribution < -0.4 is 10.1 Å². The maximum atomic E-state index is 13.5. The van der Waals surface area contributed by atoms with Gasteiger partial charge in [-0.2, -0.15) is 0 Å². The lowest BCUT2D eigenvalue weighted by Gasteiger charge is -2.14. The number of ether oxygens (including phenoxy) is 1. The third kappa shape index (κ3) is 5.05. The van der Waals surface area contributed by atoms with Crippen LogP contribution in [0.4, 0.5) is 10.3 Å². The number of hydrogen-bond donors (Lipinski definition) is 1. The van der Waals surface area contributed by atoms with Crippen molar-refractivity contribution < 1.29 is 13.9 Å². The first kappa shape index (κ1) is 21.8. The van der Waals surface area contributed by atoms with Crippen LogP contribution in [0.2, 0.25) is 0 Å². The molecule has 0 bridgehead atoms. The maximum absolute atomic E-state index is 13.5. The highest BCUT2D eigenvalue weighted by Crippen LogP contribution is 2.26. The summed E-state index contributed by atoms with van der Waals surface area (Å²) in [4.78, 5) is 30.3. The van der Waals surface area contributed by atoms with Gasteiger partial charge in [-0.1, -0.05) is 6.07 Å². The van der Waals surface area contributed by atoms with Gasteiger partial charge < -0.3 is 10.1 Å². The molecule has 0 aliphatic rings. The van der Waals surface area contributed by atoms with Gasteiger partial charge in [0.15, 0.2) is 5.78 Å². The Labute approximate surface area is 188 Å². The van der Waals surface area contributed by atoms with E-state index in [9.17, 15) is 9.18 Å². The van der Waals surface area contributed by atoms with Crippen molar-refractivity contribution in [2.75, 3.05) is 12.4 Å². The molecular formula is C23H22FN5O2S. The van der Waals surface area contributed by atoms with E-state index in [2.05, 4.69) is 25.3 Å². The molecule has 0 saturated carbocycles. The van der Waals surface area contributed by atoms with Gasteiger partial charge in [-0.15, -0.1) is 11.3 Å². The number of aryl methyl sites for hydroxylation is 1. The summed E-state index contributed by atoms with van der Waals surface area (Å²) in [7, 11) is 1.58. The molecule has 9 heteroatoms. The third-order valence-electron chi connectivity index (χ3n) is 4.97. The van der Waals surface area contributed by atoms with Gasteiger partial charge in [0, 0.05) is 24.4 Å². The summed E-state index contributed by atoms with van der Waals surface area (Å²) in [6, 6.07) is 8.58. The van der Waals surface area contributed by atoms with Gasteiger partial charge in [-0.25, -0.2) is 19.3 Å². The lowest BCUT2D eigenvalue weighted by Crippen LogP contribution is -2.13. The molecule has 32 heavy (non-hydrogen) atoms. The number of carbonyl (C=O) groups excluding carboxylic acids is 1. The average molecular weight is 452 g/mol. The smallest absolute Gasteiger partial charge is 0.224 e. The normalized spacial score (nSPS) is 12.0. The zero-order valence-corrected chi connectivity index (χ0v) is 18.5. The quantitative estimate of drug-likeness (QED) is 0.358. The Kier molecular flexibility index (Phi) is 6.65. The molecular weight excluding hydrogens is 429 g/mol. The number of hydrogen-bond acceptors (Lipinski definition) is 8. The molecule has 164 valence electrons. The fourth-order valence-corrected chi connectivity index (χ4v) is 4.16. The summed E-state index contributed by atoms with van der Waals surface area (Å²) < 4.78 is 19.4. The van der Waals surface area contributed by atoms with Gasteiger partial charge in [-0.3, -0.25) is 9.78 Å². The summed E-state index contributed by atoms with van der Waals surface area (Å²) in [6.07, 6.45) is 4.39. The van der Waals surface area contributed by atoms with E-state index in [4.69, 9.17) is 4.74 Å². The number of aromatic nitrogens is 4. The number of fused-ring (bicyclic) bond motifs is 1. The molecule has 4 aromatic heterocycles. The van der Waals surface area contributed by atoms with Crippen LogP contribution in [0.3, 0.4) is 0 Å². The molecule has 1 atom stereocenters. The predicted molar refractivity (Wildman–Crippen MR) is 122 cm³/mol. The number of thiophene rings is 1. The van der Waals surface area contributed by atoms with Crippen molar-refractivity contribution >= 4 is 33.3 Å². The fourth-order valence-electron chi connectivity index (χ4n) is 3.32. The number of methoxy groups -OCH3 is 1. The molecule has 0 radical (unpaired) electrons. The molecule has 7 nitrogen and oxygen atoms in total. The van der Waals surface area contributed by atoms with Crippen LogP contribution in [0.1, 0.15) is 47.6 Å². The number of Topliss-reactive ketones (excluding diaryl/α,β-unsaturated/α-hetero) is 1. The van der Waals surface area contributed by atoms with E-state index < -0.39 is 5.82 Å². The first-order chi connectivity index (χ1) is 15.5. The number of rotatable bonds is 9. The van der Waals surface area contributed by atoms with E-state index in [-0.39, 0.29) is 11.8 Å². The summed E-state index contributed by atoms with van der Waals surface area (Å²) in [5, 5.41) is 5.05. The molecule has 4 aromatic rings. The first-order valence-electron chi connectivity index (χ1n) is 10.2. The minimum Gasteiger partial charge on any atom is -0.481 e. The van der Waals surface area contributed by atoms with Crippen LogP contribution >= 0.6 is 11.3 Å². The second-order valence-electron chi connectivity index (χ2n) is 7.28. The SMILES string of the molecule is COc1cccc(CCCC(=O)c2nc(N[C@@H](C)c3cncc(F)c3)nc3ccsc23)n1. The molecule has 0 saturated heterocycles. The van der Waals surface area contributed by atoms with Crippen LogP contribution in [-0.4, -0.2) is 32.8 Å². The highest BCUT2D eigenvalue weighted by molar-refractivity contribution is 7.17. The van der Waals surface area contributed by atoms with Crippen molar-refractivity contribution in [1.29, 1.82) is 0 Å². The molecule has 1 N–H and O–H groups in total. The molecule has 0 aliphatic carbocycles. The van der Waals surface area contributed by atoms with Gasteiger partial charge in [0.2, 0.25) is 11.8 Å². The number of nitrogens with one attached hydrogen (secondary N) is 1. The van der Waals surface area contributed by atoms with E-state index in [1.54, 1.807) is 19.4 Å². The Morgan fingerprint density at radius 1 is 1.22 bits per heavy atom. The monoisotopic (exact) mass is 451 g/mol. The second kappa shape index (κ2) is 9.78. The fraction of sp³-hybridized carbons (Fsp3) is 0.261. The van der Waals surface area contributed by atoms with E-state index in [1.807, 2.05) is 30.5 Å². The Morgan fingerprint density at radius 3 is 2.91 bits per heavy atom. The molecule has 4 heterocycles. The highest BCUT2D eigenvalue weighted by atomic mass is 32.1. The van der Waals surface area contributed by atoms with Crippen LogP contribution in [0.25, 0.3) is 10.2 Å². The van der Waals surface area contributed by atoms with Crippen LogP contribution in [-0.2, 0) is 6.42 Å². The van der Waals surface area contributed by atoms with Crippen molar-refractivity contribution in [2.45, 2.75) is 32.2 Å². The minimum absolute atomic E-state index is 0.0501. The summed E-state index contributed by atoms with van der Waals surface area (Å²) >= 11 is 1.44. The average Bonchev–Trinajstić information content (AvgIpc) is 3.27. The zero-order valence-electron chi connectivity index (χ0n) is 17.7. The molecule has 0 unspecified atom stereocenters. The highest BCUT2D eigenvalue weighted by Gasteiger charge is 2.18. The predicted octanol–water partition coefficient (Wildman–Crippen LogP) is 5.01. The van der Waals surface area contributed by atoms with Crippen LogP contribution in [0.15, 0.2) is 48.1 Å². The van der Waals surface area contributed by atoms with E-state index >= 15 is 0 Å². The number of nitrogens with zero attached hydrogens (tertiary/aromatic N) is 4. The molecule has 4 rings (SSSR count). The lowest BCUT2D eigenvalue weighted by molar-refractivity contribution is 0.0977. The van der Waals surface area contributed by atoms with Crippen molar-refractivity contribution in [3.05, 3.63) is 70.9 Å². The molecule has 0 amide bonds. The minimum atomic E-state index is -0.410. The number of pyridine rings is 2. The first-order valence-corrected chi connectivity index (χ1v) is 11.1. The van der Waals surface area contributed by atoms with Gasteiger partial charge in [-0.05, 0) is 48.9 Å². The number of ketones is 1. The maximum Gasteiger partial charge on any atom is 0.224 e. The van der Waals surface area contributed by atoms with Crippen LogP contribution in [0.5, 0.6) is 5.88 Å². The second-order valence-corrected chi connectivity index (χ2v) is 8.20. The zero-order chi connectivity index (χ0) is 22.5. The van der Waals surface area contributed by atoms with Gasteiger partial charge in [0.25, 0.3) is 0 Å². The molecule has 0 aliphatic heterocycles. The van der Waals surface area contributed by atoms with Crippen molar-refractivity contribution in [1.82, 2.24) is 19.9 Å². The molecule has 0 aromatic carbocycles. The van der Waals surface area contributed by atoms with Crippen molar-refractivity contribution in [3.8, 4) is 5.88 Å². The lowest BCUT2D eigenvalue weighted by atomic mass is 10.1. The largest absolute Gasteiger partial charge is 0.481 e. The Hall–Kier alpha value is -3.46. The third-order valence-corrected chi connectivity index (χ3v) is 5.88. The Morgan fingerprint density at radius 2 is 2.09 bits per heavy atom. The van der Waals surface area contributed by atoms with Gasteiger partial charge in [0.1, 0.15) is 11.5 Å². The van der Waals surface area contributed by atoms with E-state index in [0.717, 1.165) is 16.6 Å². The topological polar surface area (TPSA) is 89.9 Å².